The van der Waals surface area contributed by atoms with Crippen molar-refractivity contribution in [3.63, 3.8) is 0 Å². The fourth-order valence-electron chi connectivity index (χ4n) is 3.64. The van der Waals surface area contributed by atoms with Gasteiger partial charge in [-0.1, -0.05) is 17.7 Å². The number of halogens is 1. The molecule has 1 aromatic carbocycles. The molecule has 8 heteroatoms. The number of aryl methyl sites for hydroxylation is 1. The van der Waals surface area contributed by atoms with Crippen molar-refractivity contribution in [2.45, 2.75) is 18.8 Å². The molecule has 1 N–H and O–H groups in total. The van der Waals surface area contributed by atoms with Gasteiger partial charge in [-0.05, 0) is 36.8 Å². The smallest absolute Gasteiger partial charge is 0.255 e. The van der Waals surface area contributed by atoms with Gasteiger partial charge in [0.05, 0.1) is 17.9 Å². The number of benzene rings is 1. The van der Waals surface area contributed by atoms with Crippen LogP contribution in [-0.2, 0) is 13.5 Å². The molecule has 0 unspecified atom stereocenters. The number of nitrogens with one attached hydrogen (secondary N) is 1. The summed E-state index contributed by atoms with van der Waals surface area (Å²) >= 11 is 5.97. The number of carbonyl (C=O) groups is 1. The molecule has 0 spiro atoms. The minimum absolute atomic E-state index is 0.0567. The average molecular weight is 427 g/mol. The highest BCUT2D eigenvalue weighted by Crippen LogP contribution is 2.27. The summed E-state index contributed by atoms with van der Waals surface area (Å²) in [5, 5.41) is 8.16. The molecule has 156 valence electrons. The first-order valence-corrected chi connectivity index (χ1v) is 10.3. The molecule has 1 amide bonds. The van der Waals surface area contributed by atoms with Gasteiger partial charge in [0.1, 0.15) is 5.75 Å². The maximum absolute atomic E-state index is 12.7. The standard InChI is InChI=1S/C22H23ClN4O3/c1-26-13-16(5-6-21(26)28)22(29)27-9-7-15(14-27)20-12-18(24-25-20)8-10-30-19-4-2-3-17(23)11-19/h2-6,11-13,15H,7-10,14H2,1H3,(H,24,25)/t15-/m1/s1. The van der Waals surface area contributed by atoms with Crippen LogP contribution in [0.15, 0.2) is 53.5 Å². The first-order chi connectivity index (χ1) is 14.5. The summed E-state index contributed by atoms with van der Waals surface area (Å²) in [6, 6.07) is 12.4. The van der Waals surface area contributed by atoms with Crippen LogP contribution >= 0.6 is 11.6 Å². The number of pyridine rings is 1. The van der Waals surface area contributed by atoms with E-state index in [1.54, 1.807) is 25.4 Å². The van der Waals surface area contributed by atoms with Crippen molar-refractivity contribution < 1.29 is 9.53 Å². The van der Waals surface area contributed by atoms with Gasteiger partial charge in [-0.25, -0.2) is 0 Å². The zero-order chi connectivity index (χ0) is 21.1. The molecule has 1 saturated heterocycles. The van der Waals surface area contributed by atoms with Crippen molar-refractivity contribution in [3.05, 3.63) is 81.0 Å². The first-order valence-electron chi connectivity index (χ1n) is 9.88. The molecule has 1 fully saturated rings. The molecule has 1 aliphatic heterocycles. The lowest BCUT2D eigenvalue weighted by Crippen LogP contribution is -2.29. The van der Waals surface area contributed by atoms with Crippen LogP contribution in [0, 0.1) is 0 Å². The van der Waals surface area contributed by atoms with Crippen LogP contribution in [0.1, 0.15) is 34.1 Å². The number of carbonyl (C=O) groups excluding carboxylic acids is 1. The first kappa shape index (κ1) is 20.2. The van der Waals surface area contributed by atoms with Crippen LogP contribution in [-0.4, -0.2) is 45.3 Å². The third-order valence-electron chi connectivity index (χ3n) is 5.31. The molecule has 3 aromatic rings. The lowest BCUT2D eigenvalue weighted by molar-refractivity contribution is 0.0789. The van der Waals surface area contributed by atoms with E-state index in [0.717, 1.165) is 23.6 Å². The highest BCUT2D eigenvalue weighted by atomic mass is 35.5. The van der Waals surface area contributed by atoms with E-state index >= 15 is 0 Å². The van der Waals surface area contributed by atoms with E-state index in [1.807, 2.05) is 29.2 Å². The number of rotatable bonds is 6. The van der Waals surface area contributed by atoms with E-state index < -0.39 is 0 Å². The topological polar surface area (TPSA) is 80.2 Å². The van der Waals surface area contributed by atoms with Gasteiger partial charge in [0.25, 0.3) is 5.91 Å². The number of ether oxygens (including phenoxy) is 1. The molecule has 7 nitrogen and oxygen atoms in total. The third kappa shape index (κ3) is 4.57. The van der Waals surface area contributed by atoms with E-state index in [0.29, 0.717) is 36.7 Å². The Labute approximate surface area is 179 Å². The summed E-state index contributed by atoms with van der Waals surface area (Å²) in [5.41, 5.74) is 2.35. The van der Waals surface area contributed by atoms with Crippen LogP contribution in [0.25, 0.3) is 0 Å². The van der Waals surface area contributed by atoms with Crippen molar-refractivity contribution in [1.82, 2.24) is 19.7 Å². The maximum atomic E-state index is 12.7. The Balaban J connectivity index is 1.32. The van der Waals surface area contributed by atoms with Gasteiger partial charge in [-0.15, -0.1) is 0 Å². The molecule has 0 saturated carbocycles. The average Bonchev–Trinajstić information content (AvgIpc) is 3.39. The Morgan fingerprint density at radius 1 is 1.30 bits per heavy atom. The Bertz CT molecular complexity index is 1110. The van der Waals surface area contributed by atoms with Gasteiger partial charge >= 0.3 is 0 Å². The maximum Gasteiger partial charge on any atom is 0.255 e. The van der Waals surface area contributed by atoms with Crippen LogP contribution < -0.4 is 10.3 Å². The van der Waals surface area contributed by atoms with Crippen LogP contribution in [0.5, 0.6) is 5.75 Å². The molecule has 1 aliphatic rings. The molecule has 2 aromatic heterocycles. The minimum Gasteiger partial charge on any atom is -0.493 e. The molecule has 0 aliphatic carbocycles. The number of likely N-dealkylation sites (tertiary alicyclic amines) is 1. The number of aromatic nitrogens is 3. The number of hydrogen-bond acceptors (Lipinski definition) is 4. The summed E-state index contributed by atoms with van der Waals surface area (Å²) in [6.07, 6.45) is 3.15. The molecule has 1 atom stereocenters. The predicted octanol–water partition coefficient (Wildman–Crippen LogP) is 3.01. The largest absolute Gasteiger partial charge is 0.493 e. The molecular weight excluding hydrogens is 404 g/mol. The quantitative estimate of drug-likeness (QED) is 0.657. The highest BCUT2D eigenvalue weighted by Gasteiger charge is 2.29. The van der Waals surface area contributed by atoms with Crippen molar-refractivity contribution in [2.75, 3.05) is 19.7 Å². The van der Waals surface area contributed by atoms with Crippen LogP contribution in [0.3, 0.4) is 0 Å². The van der Waals surface area contributed by atoms with Crippen LogP contribution in [0.4, 0.5) is 0 Å². The Morgan fingerprint density at radius 2 is 2.17 bits per heavy atom. The van der Waals surface area contributed by atoms with E-state index in [2.05, 4.69) is 10.2 Å². The van der Waals surface area contributed by atoms with Gasteiger partial charge < -0.3 is 14.2 Å². The fourth-order valence-corrected chi connectivity index (χ4v) is 3.82. The zero-order valence-corrected chi connectivity index (χ0v) is 17.4. The van der Waals surface area contributed by atoms with Gasteiger partial charge in [0, 0.05) is 55.5 Å². The number of nitrogens with zero attached hydrogens (tertiary/aromatic N) is 3. The monoisotopic (exact) mass is 426 g/mol. The zero-order valence-electron chi connectivity index (χ0n) is 16.7. The second-order valence-electron chi connectivity index (χ2n) is 7.48. The molecule has 4 rings (SSSR count). The van der Waals surface area contributed by atoms with Crippen molar-refractivity contribution >= 4 is 17.5 Å². The predicted molar refractivity (Wildman–Crippen MR) is 114 cm³/mol. The molecular formula is C22H23ClN4O3. The van der Waals surface area contributed by atoms with E-state index in [4.69, 9.17) is 16.3 Å². The Hall–Kier alpha value is -3.06. The molecule has 0 bridgehead atoms. The van der Waals surface area contributed by atoms with Gasteiger partial charge in [-0.3, -0.25) is 14.7 Å². The lowest BCUT2D eigenvalue weighted by Gasteiger charge is -2.16. The second kappa shape index (κ2) is 8.75. The lowest BCUT2D eigenvalue weighted by atomic mass is 10.0. The molecule has 30 heavy (non-hydrogen) atoms. The van der Waals surface area contributed by atoms with Crippen molar-refractivity contribution in [3.8, 4) is 5.75 Å². The van der Waals surface area contributed by atoms with E-state index in [-0.39, 0.29) is 17.4 Å². The van der Waals surface area contributed by atoms with Gasteiger partial charge in [-0.2, -0.15) is 5.10 Å². The van der Waals surface area contributed by atoms with Crippen molar-refractivity contribution in [1.29, 1.82) is 0 Å². The third-order valence-corrected chi connectivity index (χ3v) is 5.55. The van der Waals surface area contributed by atoms with Crippen molar-refractivity contribution in [2.24, 2.45) is 7.05 Å². The SMILES string of the molecule is Cn1cc(C(=O)N2CC[C@@H](c3cc(CCOc4cccc(Cl)c4)[nH]n3)C2)ccc1=O. The summed E-state index contributed by atoms with van der Waals surface area (Å²) in [6.45, 7) is 1.81. The number of H-pyrrole nitrogens is 1. The summed E-state index contributed by atoms with van der Waals surface area (Å²) < 4.78 is 7.15. The van der Waals surface area contributed by atoms with E-state index in [1.165, 1.54) is 10.6 Å². The van der Waals surface area contributed by atoms with Gasteiger partial charge in [0.15, 0.2) is 0 Å². The van der Waals surface area contributed by atoms with Gasteiger partial charge in [0.2, 0.25) is 5.56 Å². The number of hydrogen-bond donors (Lipinski definition) is 1. The molecule has 0 radical (unpaired) electrons. The minimum atomic E-state index is -0.130. The summed E-state index contributed by atoms with van der Waals surface area (Å²) in [7, 11) is 1.65. The van der Waals surface area contributed by atoms with Crippen LogP contribution in [0.2, 0.25) is 5.02 Å². The Kier molecular flexibility index (Phi) is 5.90. The Morgan fingerprint density at radius 3 is 2.97 bits per heavy atom. The summed E-state index contributed by atoms with van der Waals surface area (Å²) in [4.78, 5) is 26.1. The second-order valence-corrected chi connectivity index (χ2v) is 7.91. The van der Waals surface area contributed by atoms with E-state index in [9.17, 15) is 9.59 Å². The normalized spacial score (nSPS) is 16.1. The molecule has 3 heterocycles. The fraction of sp³-hybridized carbons (Fsp3) is 0.318. The number of amides is 1. The number of aromatic amines is 1. The highest BCUT2D eigenvalue weighted by molar-refractivity contribution is 6.30. The summed E-state index contributed by atoms with van der Waals surface area (Å²) in [5.74, 6) is 0.879.